The summed E-state index contributed by atoms with van der Waals surface area (Å²) in [6.07, 6.45) is 4.14. The van der Waals surface area contributed by atoms with Gasteiger partial charge in [0, 0.05) is 24.8 Å². The molecule has 1 N–H and O–H groups in total. The molecule has 0 amide bonds. The Morgan fingerprint density at radius 3 is 3.17 bits per heavy atom. The molecule has 1 aromatic heterocycles. The average molecular weight is 241 g/mol. The van der Waals surface area contributed by atoms with Crippen LogP contribution < -0.4 is 5.32 Å². The normalized spacial score (nSPS) is 14.5. The molecule has 18 heavy (non-hydrogen) atoms. The zero-order valence-electron chi connectivity index (χ0n) is 10.8. The van der Waals surface area contributed by atoms with Gasteiger partial charge in [-0.1, -0.05) is 25.1 Å². The van der Waals surface area contributed by atoms with Crippen LogP contribution in [0.2, 0.25) is 0 Å². The minimum absolute atomic E-state index is 0.990. The molecule has 3 rings (SSSR count). The lowest BCUT2D eigenvalue weighted by atomic mass is 9.94. The minimum Gasteiger partial charge on any atom is -0.312 e. The molecule has 0 radical (unpaired) electrons. The van der Waals surface area contributed by atoms with Crippen LogP contribution in [0.5, 0.6) is 0 Å². The van der Waals surface area contributed by atoms with E-state index in [0.717, 1.165) is 32.5 Å². The van der Waals surface area contributed by atoms with Crippen molar-refractivity contribution < 1.29 is 0 Å². The molecule has 3 nitrogen and oxygen atoms in total. The van der Waals surface area contributed by atoms with E-state index in [9.17, 15) is 0 Å². The highest BCUT2D eigenvalue weighted by Crippen LogP contribution is 2.28. The van der Waals surface area contributed by atoms with Crippen LogP contribution in [0.1, 0.15) is 24.5 Å². The van der Waals surface area contributed by atoms with Gasteiger partial charge in [-0.2, -0.15) is 5.10 Å². The lowest BCUT2D eigenvalue weighted by molar-refractivity contribution is 0.606. The van der Waals surface area contributed by atoms with Crippen molar-refractivity contribution in [2.45, 2.75) is 32.9 Å². The number of fused-ring (bicyclic) bond motifs is 1. The highest BCUT2D eigenvalue weighted by Gasteiger charge is 2.15. The minimum atomic E-state index is 0.990. The number of rotatable bonds is 3. The second-order valence-corrected chi connectivity index (χ2v) is 4.81. The fourth-order valence-electron chi connectivity index (χ4n) is 2.72. The van der Waals surface area contributed by atoms with E-state index >= 15 is 0 Å². The zero-order chi connectivity index (χ0) is 12.4. The second kappa shape index (κ2) is 4.94. The molecule has 2 aromatic rings. The van der Waals surface area contributed by atoms with Crippen LogP contribution in [0.4, 0.5) is 0 Å². The Labute approximate surface area is 108 Å². The number of benzene rings is 1. The van der Waals surface area contributed by atoms with Gasteiger partial charge in [0.15, 0.2) is 0 Å². The van der Waals surface area contributed by atoms with Gasteiger partial charge >= 0.3 is 0 Å². The third-order valence-electron chi connectivity index (χ3n) is 3.57. The van der Waals surface area contributed by atoms with Gasteiger partial charge in [0.2, 0.25) is 0 Å². The second-order valence-electron chi connectivity index (χ2n) is 4.81. The Morgan fingerprint density at radius 2 is 2.28 bits per heavy atom. The van der Waals surface area contributed by atoms with E-state index in [0.29, 0.717) is 0 Å². The fraction of sp³-hybridized carbons (Fsp3) is 0.400. The molecule has 0 unspecified atom stereocenters. The Bertz CT molecular complexity index is 542. The fourth-order valence-corrected chi connectivity index (χ4v) is 2.72. The smallest absolute Gasteiger partial charge is 0.0685 e. The predicted octanol–water partition coefficient (Wildman–Crippen LogP) is 2.61. The van der Waals surface area contributed by atoms with Crippen LogP contribution in [0.25, 0.3) is 11.3 Å². The van der Waals surface area contributed by atoms with Gasteiger partial charge < -0.3 is 5.32 Å². The molecule has 0 saturated carbocycles. The summed E-state index contributed by atoms with van der Waals surface area (Å²) in [5.74, 6) is 0. The first-order valence-corrected chi connectivity index (χ1v) is 6.74. The van der Waals surface area contributed by atoms with E-state index in [1.165, 1.54) is 22.4 Å². The molecule has 1 aromatic carbocycles. The molecule has 94 valence electrons. The SMILES string of the molecule is CCCn1nccc1-c1cccc2c1CCNC2. The largest absolute Gasteiger partial charge is 0.312 e. The third kappa shape index (κ3) is 1.95. The molecule has 3 heteroatoms. The highest BCUT2D eigenvalue weighted by atomic mass is 15.3. The first-order chi connectivity index (χ1) is 8.90. The molecule has 0 atom stereocenters. The summed E-state index contributed by atoms with van der Waals surface area (Å²) in [6.45, 7) is 5.25. The number of hydrogen-bond donors (Lipinski definition) is 1. The third-order valence-corrected chi connectivity index (χ3v) is 3.57. The number of nitrogens with zero attached hydrogens (tertiary/aromatic N) is 2. The van der Waals surface area contributed by atoms with Gasteiger partial charge in [-0.25, -0.2) is 0 Å². The van der Waals surface area contributed by atoms with Crippen molar-refractivity contribution in [3.8, 4) is 11.3 Å². The first kappa shape index (κ1) is 11.5. The molecule has 2 heterocycles. The van der Waals surface area contributed by atoms with Crippen LogP contribution in [0.15, 0.2) is 30.5 Å². The van der Waals surface area contributed by atoms with E-state index < -0.39 is 0 Å². The van der Waals surface area contributed by atoms with Crippen molar-refractivity contribution in [3.05, 3.63) is 41.6 Å². The molecule has 0 spiro atoms. The summed E-state index contributed by atoms with van der Waals surface area (Å²) in [5.41, 5.74) is 5.55. The van der Waals surface area contributed by atoms with Gasteiger partial charge in [0.05, 0.1) is 5.69 Å². The summed E-state index contributed by atoms with van der Waals surface area (Å²) in [6, 6.07) is 8.75. The molecule has 0 aliphatic carbocycles. The lowest BCUT2D eigenvalue weighted by Gasteiger charge is -2.20. The van der Waals surface area contributed by atoms with E-state index in [-0.39, 0.29) is 0 Å². The number of nitrogens with one attached hydrogen (secondary N) is 1. The van der Waals surface area contributed by atoms with Crippen molar-refractivity contribution in [2.24, 2.45) is 0 Å². The highest BCUT2D eigenvalue weighted by molar-refractivity contribution is 5.66. The Kier molecular flexibility index (Phi) is 3.15. The van der Waals surface area contributed by atoms with Gasteiger partial charge in [-0.3, -0.25) is 4.68 Å². The van der Waals surface area contributed by atoms with E-state index in [1.807, 2.05) is 6.20 Å². The van der Waals surface area contributed by atoms with E-state index in [1.54, 1.807) is 0 Å². The van der Waals surface area contributed by atoms with E-state index in [2.05, 4.69) is 46.3 Å². The summed E-state index contributed by atoms with van der Waals surface area (Å²) >= 11 is 0. The Balaban J connectivity index is 2.08. The van der Waals surface area contributed by atoms with Crippen LogP contribution in [-0.4, -0.2) is 16.3 Å². The quantitative estimate of drug-likeness (QED) is 0.895. The summed E-state index contributed by atoms with van der Waals surface area (Å²) < 4.78 is 2.12. The molecular weight excluding hydrogens is 222 g/mol. The molecule has 1 aliphatic heterocycles. The standard InChI is InChI=1S/C15H19N3/c1-2-10-18-15(7-9-17-18)14-5-3-4-12-11-16-8-6-13(12)14/h3-5,7,9,16H,2,6,8,10-11H2,1H3. The van der Waals surface area contributed by atoms with Crippen molar-refractivity contribution in [1.29, 1.82) is 0 Å². The predicted molar refractivity (Wildman–Crippen MR) is 73.4 cm³/mol. The summed E-state index contributed by atoms with van der Waals surface area (Å²) in [7, 11) is 0. The van der Waals surface area contributed by atoms with Gasteiger partial charge in [-0.05, 0) is 36.6 Å². The molecule has 1 aliphatic rings. The maximum atomic E-state index is 4.43. The average Bonchev–Trinajstić information content (AvgIpc) is 2.87. The molecular formula is C15H19N3. The zero-order valence-corrected chi connectivity index (χ0v) is 10.8. The van der Waals surface area contributed by atoms with Gasteiger partial charge in [-0.15, -0.1) is 0 Å². The van der Waals surface area contributed by atoms with Crippen LogP contribution in [0.3, 0.4) is 0 Å². The Hall–Kier alpha value is -1.61. The van der Waals surface area contributed by atoms with Crippen LogP contribution in [-0.2, 0) is 19.5 Å². The van der Waals surface area contributed by atoms with Gasteiger partial charge in [0.25, 0.3) is 0 Å². The maximum Gasteiger partial charge on any atom is 0.0685 e. The lowest BCUT2D eigenvalue weighted by Crippen LogP contribution is -2.24. The Morgan fingerprint density at radius 1 is 1.33 bits per heavy atom. The van der Waals surface area contributed by atoms with Crippen molar-refractivity contribution in [2.75, 3.05) is 6.54 Å². The maximum absolute atomic E-state index is 4.43. The van der Waals surface area contributed by atoms with Crippen molar-refractivity contribution >= 4 is 0 Å². The molecule has 0 fully saturated rings. The van der Waals surface area contributed by atoms with Crippen LogP contribution in [0, 0.1) is 0 Å². The molecule has 0 bridgehead atoms. The van der Waals surface area contributed by atoms with Crippen molar-refractivity contribution in [3.63, 3.8) is 0 Å². The van der Waals surface area contributed by atoms with Gasteiger partial charge in [0.1, 0.15) is 0 Å². The summed E-state index contributed by atoms with van der Waals surface area (Å²) in [5, 5.41) is 7.86. The topological polar surface area (TPSA) is 29.9 Å². The van der Waals surface area contributed by atoms with Crippen LogP contribution >= 0.6 is 0 Å². The van der Waals surface area contributed by atoms with E-state index in [4.69, 9.17) is 0 Å². The van der Waals surface area contributed by atoms with Crippen molar-refractivity contribution in [1.82, 2.24) is 15.1 Å². The molecule has 0 saturated heterocycles. The first-order valence-electron chi connectivity index (χ1n) is 6.74. The monoisotopic (exact) mass is 241 g/mol. The number of aromatic nitrogens is 2. The number of aryl methyl sites for hydroxylation is 1. The summed E-state index contributed by atoms with van der Waals surface area (Å²) in [4.78, 5) is 0. The number of hydrogen-bond acceptors (Lipinski definition) is 2.